The summed E-state index contributed by atoms with van der Waals surface area (Å²) in [5, 5.41) is 8.94. The van der Waals surface area contributed by atoms with Crippen LogP contribution in [0.1, 0.15) is 66.4 Å². The Kier molecular flexibility index (Phi) is 14.3. The molecule has 6 nitrogen and oxygen atoms in total. The van der Waals surface area contributed by atoms with Gasteiger partial charge in [0.15, 0.2) is 11.5 Å². The van der Waals surface area contributed by atoms with E-state index in [0.717, 1.165) is 37.9 Å². The lowest BCUT2D eigenvalue weighted by molar-refractivity contribution is -0.136. The van der Waals surface area contributed by atoms with Crippen LogP contribution in [0, 0.1) is 29.1 Å². The minimum atomic E-state index is -0.0116. The maximum absolute atomic E-state index is 12.9. The van der Waals surface area contributed by atoms with Crippen LogP contribution in [-0.4, -0.2) is 57.0 Å². The average molecular weight is 489 g/mol. The van der Waals surface area contributed by atoms with E-state index >= 15 is 0 Å². The summed E-state index contributed by atoms with van der Waals surface area (Å²) in [5.41, 5.74) is 1.44. The predicted molar refractivity (Wildman–Crippen MR) is 145 cm³/mol. The van der Waals surface area contributed by atoms with Crippen molar-refractivity contribution in [3.63, 3.8) is 0 Å². The Labute approximate surface area is 213 Å². The quantitative estimate of drug-likeness (QED) is 0.160. The molecule has 0 aliphatic heterocycles. The molecule has 0 aliphatic carbocycles. The average Bonchev–Trinajstić information content (AvgIpc) is 2.83. The Morgan fingerprint density at radius 3 is 2.06 bits per heavy atom. The van der Waals surface area contributed by atoms with Crippen molar-refractivity contribution in [2.24, 2.45) is 23.7 Å². The van der Waals surface area contributed by atoms with Gasteiger partial charge in [0.05, 0.1) is 13.7 Å². The number of carbonyl (C=O) groups excluding carboxylic acids is 1. The molecule has 6 heteroatoms. The molecule has 2 atom stereocenters. The zero-order valence-electron chi connectivity index (χ0n) is 23.2. The smallest absolute Gasteiger partial charge is 0.226 e. The van der Waals surface area contributed by atoms with E-state index in [-0.39, 0.29) is 23.7 Å². The first kappa shape index (κ1) is 30.7. The van der Waals surface area contributed by atoms with Crippen molar-refractivity contribution in [1.82, 2.24) is 4.90 Å². The summed E-state index contributed by atoms with van der Waals surface area (Å²) in [6.45, 7) is 15.3. The highest BCUT2D eigenvalue weighted by molar-refractivity contribution is 6.00. The van der Waals surface area contributed by atoms with E-state index in [1.54, 1.807) is 14.2 Å². The second kappa shape index (κ2) is 16.4. The second-order valence-electron chi connectivity index (χ2n) is 9.63. The summed E-state index contributed by atoms with van der Waals surface area (Å²) in [7, 11) is 3.30. The lowest BCUT2D eigenvalue weighted by Crippen LogP contribution is -2.37. The van der Waals surface area contributed by atoms with Gasteiger partial charge < -0.3 is 24.5 Å². The van der Waals surface area contributed by atoms with Crippen molar-refractivity contribution in [2.75, 3.05) is 40.5 Å². The zero-order chi connectivity index (χ0) is 26.4. The SMILES string of the molecule is CCN(CC)C(=O)C(C/C=C/CC(C(=N)c1ccc(OC)c(OCCCOC)c1)C(C)C)C(C)C. The molecule has 1 aromatic rings. The number of hydrogen-bond donors (Lipinski definition) is 1. The van der Waals surface area contributed by atoms with E-state index in [2.05, 4.69) is 39.8 Å². The van der Waals surface area contributed by atoms with Crippen LogP contribution >= 0.6 is 0 Å². The number of rotatable bonds is 17. The van der Waals surface area contributed by atoms with Gasteiger partial charge in [-0.3, -0.25) is 4.79 Å². The third-order valence-corrected chi connectivity index (χ3v) is 6.54. The molecule has 1 amide bonds. The molecule has 198 valence electrons. The van der Waals surface area contributed by atoms with E-state index in [9.17, 15) is 4.79 Å². The van der Waals surface area contributed by atoms with E-state index < -0.39 is 0 Å². The summed E-state index contributed by atoms with van der Waals surface area (Å²) in [6, 6.07) is 5.71. The highest BCUT2D eigenvalue weighted by Gasteiger charge is 2.25. The van der Waals surface area contributed by atoms with E-state index in [0.29, 0.717) is 36.3 Å². The van der Waals surface area contributed by atoms with Crippen molar-refractivity contribution in [3.05, 3.63) is 35.9 Å². The van der Waals surface area contributed by atoms with Gasteiger partial charge in [0.2, 0.25) is 5.91 Å². The molecule has 0 heterocycles. The first-order valence-corrected chi connectivity index (χ1v) is 13.0. The second-order valence-corrected chi connectivity index (χ2v) is 9.63. The fourth-order valence-corrected chi connectivity index (χ4v) is 4.19. The number of hydrogen-bond acceptors (Lipinski definition) is 5. The molecule has 0 aliphatic rings. The highest BCUT2D eigenvalue weighted by atomic mass is 16.5. The lowest BCUT2D eigenvalue weighted by atomic mass is 9.84. The predicted octanol–water partition coefficient (Wildman–Crippen LogP) is 6.23. The summed E-state index contributed by atoms with van der Waals surface area (Å²) >= 11 is 0. The number of nitrogens with zero attached hydrogens (tertiary/aromatic N) is 1. The molecule has 1 rings (SSSR count). The number of amides is 1. The summed E-state index contributed by atoms with van der Waals surface area (Å²) in [4.78, 5) is 14.8. The largest absolute Gasteiger partial charge is 0.493 e. The van der Waals surface area contributed by atoms with Gasteiger partial charge in [-0.2, -0.15) is 0 Å². The van der Waals surface area contributed by atoms with Crippen LogP contribution < -0.4 is 9.47 Å². The molecule has 2 unspecified atom stereocenters. The van der Waals surface area contributed by atoms with Gasteiger partial charge in [-0.15, -0.1) is 0 Å². The van der Waals surface area contributed by atoms with Crippen LogP contribution in [0.25, 0.3) is 0 Å². The Bertz CT molecular complexity index is 800. The van der Waals surface area contributed by atoms with E-state index in [4.69, 9.17) is 19.6 Å². The molecule has 0 radical (unpaired) electrons. The molecule has 1 N–H and O–H groups in total. The van der Waals surface area contributed by atoms with Gasteiger partial charge >= 0.3 is 0 Å². The van der Waals surface area contributed by atoms with E-state index in [1.165, 1.54) is 0 Å². The van der Waals surface area contributed by atoms with Crippen LogP contribution in [0.2, 0.25) is 0 Å². The molecule has 35 heavy (non-hydrogen) atoms. The molecular formula is C29H48N2O4. The van der Waals surface area contributed by atoms with Gasteiger partial charge in [-0.05, 0) is 62.3 Å². The molecule has 1 aromatic carbocycles. The Hall–Kier alpha value is -2.34. The monoisotopic (exact) mass is 488 g/mol. The molecule has 0 fully saturated rings. The topological polar surface area (TPSA) is 71.9 Å². The molecule has 0 aromatic heterocycles. The summed E-state index contributed by atoms with van der Waals surface area (Å²) in [5.74, 6) is 2.20. The van der Waals surface area contributed by atoms with Crippen LogP contribution in [0.3, 0.4) is 0 Å². The zero-order valence-corrected chi connectivity index (χ0v) is 23.2. The fraction of sp³-hybridized carbons (Fsp3) is 0.655. The van der Waals surface area contributed by atoms with Crippen molar-refractivity contribution in [1.29, 1.82) is 5.41 Å². The van der Waals surface area contributed by atoms with Gasteiger partial charge in [0.25, 0.3) is 0 Å². The number of ether oxygens (including phenoxy) is 3. The summed E-state index contributed by atoms with van der Waals surface area (Å²) < 4.78 is 16.5. The highest BCUT2D eigenvalue weighted by Crippen LogP contribution is 2.31. The maximum Gasteiger partial charge on any atom is 0.226 e. The Balaban J connectivity index is 2.93. The Morgan fingerprint density at radius 1 is 0.943 bits per heavy atom. The van der Waals surface area contributed by atoms with Gasteiger partial charge in [0, 0.05) is 50.8 Å². The summed E-state index contributed by atoms with van der Waals surface area (Å²) in [6.07, 6.45) is 6.56. The minimum Gasteiger partial charge on any atom is -0.493 e. The van der Waals surface area contributed by atoms with Gasteiger partial charge in [-0.1, -0.05) is 39.8 Å². The van der Waals surface area contributed by atoms with Crippen LogP contribution in [0.5, 0.6) is 11.5 Å². The standard InChI is InChI=1S/C29H48N2O4/c1-9-31(10-2)29(32)25(22(5)6)15-12-11-14-24(21(3)4)28(30)23-16-17-26(34-8)27(20-23)35-19-13-18-33-7/h11-12,16-17,20-22,24-25,30H,9-10,13-15,18-19H2,1-8H3/b12-11+,30-28?. The van der Waals surface area contributed by atoms with Crippen molar-refractivity contribution < 1.29 is 19.0 Å². The van der Waals surface area contributed by atoms with Crippen molar-refractivity contribution in [2.45, 2.75) is 60.8 Å². The number of methoxy groups -OCH3 is 2. The van der Waals surface area contributed by atoms with Crippen LogP contribution in [0.4, 0.5) is 0 Å². The van der Waals surface area contributed by atoms with Crippen molar-refractivity contribution in [3.8, 4) is 11.5 Å². The van der Waals surface area contributed by atoms with E-state index in [1.807, 2.05) is 36.9 Å². The van der Waals surface area contributed by atoms with Gasteiger partial charge in [0.1, 0.15) is 0 Å². The molecule has 0 bridgehead atoms. The normalized spacial score (nSPS) is 13.3. The first-order valence-electron chi connectivity index (χ1n) is 13.0. The van der Waals surface area contributed by atoms with Gasteiger partial charge in [-0.25, -0.2) is 0 Å². The maximum atomic E-state index is 12.9. The number of nitrogens with one attached hydrogen (secondary N) is 1. The first-order chi connectivity index (χ1) is 16.7. The third kappa shape index (κ3) is 9.67. The number of allylic oxidation sites excluding steroid dienone is 2. The molecular weight excluding hydrogens is 440 g/mol. The van der Waals surface area contributed by atoms with Crippen LogP contribution in [-0.2, 0) is 9.53 Å². The number of benzene rings is 1. The fourth-order valence-electron chi connectivity index (χ4n) is 4.19. The van der Waals surface area contributed by atoms with Crippen molar-refractivity contribution >= 4 is 11.6 Å². The molecule has 0 saturated heterocycles. The molecule has 0 spiro atoms. The van der Waals surface area contributed by atoms with Crippen LogP contribution in [0.15, 0.2) is 30.4 Å². The number of carbonyl (C=O) groups is 1. The minimum absolute atomic E-state index is 0.0116. The Morgan fingerprint density at radius 2 is 1.54 bits per heavy atom. The third-order valence-electron chi connectivity index (χ3n) is 6.54. The lowest BCUT2D eigenvalue weighted by Gasteiger charge is -2.27. The molecule has 0 saturated carbocycles.